The lowest BCUT2D eigenvalue weighted by Gasteiger charge is -2.17. The van der Waals surface area contributed by atoms with Crippen molar-refractivity contribution < 1.29 is 4.79 Å². The zero-order chi connectivity index (χ0) is 18.4. The molecule has 1 aliphatic heterocycles. The van der Waals surface area contributed by atoms with Gasteiger partial charge in [-0.2, -0.15) is 0 Å². The smallest absolute Gasteiger partial charge is 0.266 e. The zero-order valence-electron chi connectivity index (χ0n) is 15.0. The van der Waals surface area contributed by atoms with Gasteiger partial charge in [0.25, 0.3) is 5.91 Å². The number of hydrogen-bond donors (Lipinski definition) is 0. The quantitative estimate of drug-likeness (QED) is 0.465. The molecule has 1 heterocycles. The molecule has 1 amide bonds. The molecule has 0 radical (unpaired) electrons. The Morgan fingerprint density at radius 3 is 2.48 bits per heavy atom. The number of hydrogen-bond acceptors (Lipinski definition) is 2. The van der Waals surface area contributed by atoms with E-state index in [1.54, 1.807) is 4.90 Å². The largest absolute Gasteiger partial charge is 0.282 e. The molecular weight excluding hydrogens is 332 g/mol. The molecule has 2 aliphatic rings. The van der Waals surface area contributed by atoms with Crippen molar-refractivity contribution in [1.82, 2.24) is 0 Å². The standard InChI is InChI=1S/C24H18N2O/c1-16-25-23(13-17-7-3-2-4-8-17)24(27)26(16)20-12-11-19-14-18-9-5-6-10-21(18)22(19)15-20/h2-13,15H,14H2,1H3/b23-13-. The van der Waals surface area contributed by atoms with Crippen molar-refractivity contribution in [3.05, 3.63) is 95.2 Å². The number of anilines is 1. The number of carbonyl (C=O) groups is 1. The molecule has 5 rings (SSSR count). The molecule has 27 heavy (non-hydrogen) atoms. The molecule has 0 N–H and O–H groups in total. The van der Waals surface area contributed by atoms with Crippen LogP contribution in [0, 0.1) is 0 Å². The van der Waals surface area contributed by atoms with Gasteiger partial charge in [-0.1, -0.05) is 60.7 Å². The van der Waals surface area contributed by atoms with E-state index in [9.17, 15) is 4.79 Å². The van der Waals surface area contributed by atoms with Gasteiger partial charge >= 0.3 is 0 Å². The highest BCUT2D eigenvalue weighted by atomic mass is 16.2. The molecule has 0 bridgehead atoms. The first-order chi connectivity index (χ1) is 13.2. The third kappa shape index (κ3) is 2.59. The summed E-state index contributed by atoms with van der Waals surface area (Å²) >= 11 is 0. The number of amides is 1. The molecule has 3 aromatic carbocycles. The average molecular weight is 350 g/mol. The van der Waals surface area contributed by atoms with Gasteiger partial charge in [0.05, 0.1) is 5.69 Å². The van der Waals surface area contributed by atoms with E-state index in [2.05, 4.69) is 41.4 Å². The summed E-state index contributed by atoms with van der Waals surface area (Å²) in [6.45, 7) is 1.88. The fourth-order valence-electron chi connectivity index (χ4n) is 3.89. The van der Waals surface area contributed by atoms with Gasteiger partial charge in [-0.25, -0.2) is 4.99 Å². The van der Waals surface area contributed by atoms with Gasteiger partial charge in [0.15, 0.2) is 0 Å². The molecule has 0 atom stereocenters. The first-order valence-corrected chi connectivity index (χ1v) is 9.08. The fraction of sp³-hybridized carbons (Fsp3) is 0.0833. The van der Waals surface area contributed by atoms with Crippen LogP contribution in [-0.4, -0.2) is 11.7 Å². The van der Waals surface area contributed by atoms with Crippen molar-refractivity contribution >= 4 is 23.5 Å². The predicted molar refractivity (Wildman–Crippen MR) is 110 cm³/mol. The Labute approximate surface area is 158 Å². The first kappa shape index (κ1) is 15.8. The van der Waals surface area contributed by atoms with Gasteiger partial charge < -0.3 is 0 Å². The number of aliphatic imine (C=N–C) groups is 1. The molecule has 3 nitrogen and oxygen atoms in total. The van der Waals surface area contributed by atoms with E-state index in [1.165, 1.54) is 22.3 Å². The van der Waals surface area contributed by atoms with Crippen LogP contribution in [0.4, 0.5) is 5.69 Å². The number of fused-ring (bicyclic) bond motifs is 3. The number of carbonyl (C=O) groups excluding carboxylic acids is 1. The van der Waals surface area contributed by atoms with E-state index >= 15 is 0 Å². The maximum absolute atomic E-state index is 13.0. The third-order valence-electron chi connectivity index (χ3n) is 5.17. The van der Waals surface area contributed by atoms with Crippen LogP contribution in [0.5, 0.6) is 0 Å². The summed E-state index contributed by atoms with van der Waals surface area (Å²) < 4.78 is 0. The molecule has 3 heteroatoms. The van der Waals surface area contributed by atoms with E-state index in [1.807, 2.05) is 49.4 Å². The Bertz CT molecular complexity index is 1130. The van der Waals surface area contributed by atoms with Crippen LogP contribution in [0.1, 0.15) is 23.6 Å². The lowest BCUT2D eigenvalue weighted by atomic mass is 10.0. The van der Waals surface area contributed by atoms with Gasteiger partial charge in [0, 0.05) is 0 Å². The van der Waals surface area contributed by atoms with Crippen molar-refractivity contribution in [2.75, 3.05) is 4.90 Å². The Hall–Kier alpha value is -3.46. The maximum Gasteiger partial charge on any atom is 0.282 e. The summed E-state index contributed by atoms with van der Waals surface area (Å²) in [6, 6.07) is 24.5. The highest BCUT2D eigenvalue weighted by molar-refractivity contribution is 6.28. The number of amidine groups is 1. The molecule has 0 aromatic heterocycles. The summed E-state index contributed by atoms with van der Waals surface area (Å²) in [5.41, 5.74) is 7.43. The van der Waals surface area contributed by atoms with Crippen molar-refractivity contribution in [2.45, 2.75) is 13.3 Å². The van der Waals surface area contributed by atoms with Crippen LogP contribution < -0.4 is 4.90 Å². The summed E-state index contributed by atoms with van der Waals surface area (Å²) in [5, 5.41) is 0. The molecule has 0 fully saturated rings. The van der Waals surface area contributed by atoms with Crippen molar-refractivity contribution in [3.63, 3.8) is 0 Å². The van der Waals surface area contributed by atoms with E-state index in [0.717, 1.165) is 17.7 Å². The van der Waals surface area contributed by atoms with Gasteiger partial charge in [0.2, 0.25) is 0 Å². The van der Waals surface area contributed by atoms with Crippen LogP contribution in [-0.2, 0) is 11.2 Å². The number of nitrogens with zero attached hydrogens (tertiary/aromatic N) is 2. The molecule has 1 aliphatic carbocycles. The van der Waals surface area contributed by atoms with Gasteiger partial charge in [-0.3, -0.25) is 9.69 Å². The second-order valence-corrected chi connectivity index (χ2v) is 6.92. The number of rotatable bonds is 2. The monoisotopic (exact) mass is 350 g/mol. The minimum absolute atomic E-state index is 0.0809. The summed E-state index contributed by atoms with van der Waals surface area (Å²) in [7, 11) is 0. The molecular formula is C24H18N2O. The van der Waals surface area contributed by atoms with Crippen LogP contribution in [0.3, 0.4) is 0 Å². The van der Waals surface area contributed by atoms with E-state index in [4.69, 9.17) is 0 Å². The van der Waals surface area contributed by atoms with Crippen LogP contribution in [0.2, 0.25) is 0 Å². The Balaban J connectivity index is 1.53. The molecule has 130 valence electrons. The maximum atomic E-state index is 13.0. The second-order valence-electron chi connectivity index (χ2n) is 6.92. The van der Waals surface area contributed by atoms with E-state index in [0.29, 0.717) is 11.5 Å². The molecule has 0 unspecified atom stereocenters. The zero-order valence-corrected chi connectivity index (χ0v) is 15.0. The minimum atomic E-state index is -0.0809. The third-order valence-corrected chi connectivity index (χ3v) is 5.17. The average Bonchev–Trinajstić information content (AvgIpc) is 3.19. The van der Waals surface area contributed by atoms with Crippen molar-refractivity contribution in [1.29, 1.82) is 0 Å². The van der Waals surface area contributed by atoms with Crippen LogP contribution in [0.15, 0.2) is 83.5 Å². The van der Waals surface area contributed by atoms with Crippen LogP contribution in [0.25, 0.3) is 17.2 Å². The van der Waals surface area contributed by atoms with Gasteiger partial charge in [-0.05, 0) is 59.4 Å². The second kappa shape index (κ2) is 6.06. The SMILES string of the molecule is CC1=N/C(=C\c2ccccc2)C(=O)N1c1ccc2c(c1)-c1ccccc1C2. The highest BCUT2D eigenvalue weighted by Crippen LogP contribution is 2.39. The lowest BCUT2D eigenvalue weighted by Crippen LogP contribution is -2.30. The predicted octanol–water partition coefficient (Wildman–Crippen LogP) is 5.06. The summed E-state index contributed by atoms with van der Waals surface area (Å²) in [6.07, 6.45) is 2.79. The molecule has 0 saturated heterocycles. The highest BCUT2D eigenvalue weighted by Gasteiger charge is 2.30. The van der Waals surface area contributed by atoms with Crippen LogP contribution >= 0.6 is 0 Å². The molecule has 3 aromatic rings. The molecule has 0 saturated carbocycles. The molecule has 0 spiro atoms. The Kier molecular flexibility index (Phi) is 3.54. The van der Waals surface area contributed by atoms with E-state index < -0.39 is 0 Å². The Morgan fingerprint density at radius 2 is 1.63 bits per heavy atom. The number of benzene rings is 3. The summed E-state index contributed by atoms with van der Waals surface area (Å²) in [4.78, 5) is 19.2. The van der Waals surface area contributed by atoms with E-state index in [-0.39, 0.29) is 5.91 Å². The minimum Gasteiger partial charge on any atom is -0.266 e. The van der Waals surface area contributed by atoms with Gasteiger partial charge in [0.1, 0.15) is 11.5 Å². The normalized spacial score (nSPS) is 16.5. The topological polar surface area (TPSA) is 32.7 Å². The van der Waals surface area contributed by atoms with Crippen molar-refractivity contribution in [2.24, 2.45) is 4.99 Å². The fourth-order valence-corrected chi connectivity index (χ4v) is 3.89. The first-order valence-electron chi connectivity index (χ1n) is 9.08. The Morgan fingerprint density at radius 1 is 0.889 bits per heavy atom. The summed E-state index contributed by atoms with van der Waals surface area (Å²) in [5.74, 6) is 0.621. The lowest BCUT2D eigenvalue weighted by molar-refractivity contribution is -0.113. The van der Waals surface area contributed by atoms with Gasteiger partial charge in [-0.15, -0.1) is 0 Å². The van der Waals surface area contributed by atoms with Crippen molar-refractivity contribution in [3.8, 4) is 11.1 Å².